The molecule has 0 heterocycles. The van der Waals surface area contributed by atoms with Crippen LogP contribution >= 0.6 is 11.6 Å². The molecular weight excluding hydrogens is 490 g/mol. The molecule has 0 saturated heterocycles. The first kappa shape index (κ1) is 28.5. The van der Waals surface area contributed by atoms with Gasteiger partial charge in [0, 0.05) is 18.1 Å². The van der Waals surface area contributed by atoms with E-state index in [0.717, 1.165) is 21.7 Å². The quantitative estimate of drug-likeness (QED) is 0.485. The topological polar surface area (TPSA) is 96.0 Å². The maximum Gasteiger partial charge on any atom is 0.244 e. The number of nitrogens with zero attached hydrogens (tertiary/aromatic N) is 2. The Bertz CT molecular complexity index is 1150. The number of sulfonamides is 1. The molecular formula is C25H34ClN3O5S. The van der Waals surface area contributed by atoms with Crippen LogP contribution in [0.2, 0.25) is 5.02 Å². The number of rotatable bonds is 11. The lowest BCUT2D eigenvalue weighted by atomic mass is 10.1. The van der Waals surface area contributed by atoms with Gasteiger partial charge in [0.15, 0.2) is 0 Å². The first-order chi connectivity index (χ1) is 16.3. The van der Waals surface area contributed by atoms with E-state index in [4.69, 9.17) is 16.3 Å². The van der Waals surface area contributed by atoms with Gasteiger partial charge in [0.25, 0.3) is 0 Å². The molecule has 10 heteroatoms. The van der Waals surface area contributed by atoms with Gasteiger partial charge < -0.3 is 15.0 Å². The number of methoxy groups -OCH3 is 1. The van der Waals surface area contributed by atoms with E-state index < -0.39 is 28.5 Å². The fourth-order valence-corrected chi connectivity index (χ4v) is 4.51. The molecule has 2 amide bonds. The predicted octanol–water partition coefficient (Wildman–Crippen LogP) is 3.61. The smallest absolute Gasteiger partial charge is 0.244 e. The number of anilines is 1. The molecule has 2 rings (SSSR count). The van der Waals surface area contributed by atoms with Crippen molar-refractivity contribution in [2.45, 2.75) is 40.3 Å². The van der Waals surface area contributed by atoms with E-state index in [1.54, 1.807) is 13.0 Å². The highest BCUT2D eigenvalue weighted by atomic mass is 35.5. The third kappa shape index (κ3) is 8.14. The van der Waals surface area contributed by atoms with E-state index in [1.165, 1.54) is 24.1 Å². The van der Waals surface area contributed by atoms with Crippen LogP contribution < -0.4 is 14.4 Å². The standard InChI is InChI=1S/C25H34ClN3O5S/c1-17(2)14-27-25(31)19(4)28(15-20-9-7-8-18(3)12-20)24(30)16-29(35(6,32)33)22-13-21(26)10-11-23(22)34-5/h7-13,17,19H,14-16H2,1-6H3,(H,27,31)/t19-/m0/s1. The molecule has 192 valence electrons. The van der Waals surface area contributed by atoms with E-state index in [0.29, 0.717) is 11.6 Å². The van der Waals surface area contributed by atoms with Crippen LogP contribution in [-0.4, -0.2) is 57.6 Å². The summed E-state index contributed by atoms with van der Waals surface area (Å²) in [6.07, 6.45) is 1.00. The Labute approximate surface area is 213 Å². The Hall–Kier alpha value is -2.78. The number of carbonyl (C=O) groups excluding carboxylic acids is 2. The minimum absolute atomic E-state index is 0.140. The van der Waals surface area contributed by atoms with Gasteiger partial charge in [0.1, 0.15) is 18.3 Å². The van der Waals surface area contributed by atoms with Gasteiger partial charge in [-0.15, -0.1) is 0 Å². The molecule has 0 aliphatic rings. The normalized spacial score (nSPS) is 12.2. The minimum Gasteiger partial charge on any atom is -0.495 e. The first-order valence-corrected chi connectivity index (χ1v) is 13.5. The van der Waals surface area contributed by atoms with E-state index in [2.05, 4.69) is 5.32 Å². The molecule has 0 radical (unpaired) electrons. The molecule has 0 saturated carbocycles. The summed E-state index contributed by atoms with van der Waals surface area (Å²) in [6.45, 7) is 7.60. The molecule has 8 nitrogen and oxygen atoms in total. The third-order valence-corrected chi connectivity index (χ3v) is 6.74. The molecule has 0 fully saturated rings. The molecule has 0 aliphatic heterocycles. The lowest BCUT2D eigenvalue weighted by Gasteiger charge is -2.32. The summed E-state index contributed by atoms with van der Waals surface area (Å²) in [5.74, 6) is -0.360. The zero-order valence-electron chi connectivity index (χ0n) is 21.0. The van der Waals surface area contributed by atoms with Crippen molar-refractivity contribution in [1.29, 1.82) is 0 Å². The van der Waals surface area contributed by atoms with E-state index in [1.807, 2.05) is 45.0 Å². The van der Waals surface area contributed by atoms with Crippen LogP contribution in [0.25, 0.3) is 0 Å². The SMILES string of the molecule is COc1ccc(Cl)cc1N(CC(=O)N(Cc1cccc(C)c1)[C@@H](C)C(=O)NCC(C)C)S(C)(=O)=O. The van der Waals surface area contributed by atoms with E-state index in [9.17, 15) is 18.0 Å². The van der Waals surface area contributed by atoms with Gasteiger partial charge in [0.2, 0.25) is 21.8 Å². The van der Waals surface area contributed by atoms with Crippen molar-refractivity contribution in [2.75, 3.05) is 30.8 Å². The fraction of sp³-hybridized carbons (Fsp3) is 0.440. The molecule has 1 N–H and O–H groups in total. The van der Waals surface area contributed by atoms with Crippen molar-refractivity contribution in [3.8, 4) is 5.75 Å². The molecule has 0 bridgehead atoms. The molecule has 2 aromatic carbocycles. The predicted molar refractivity (Wildman–Crippen MR) is 139 cm³/mol. The zero-order chi connectivity index (χ0) is 26.3. The molecule has 0 aliphatic carbocycles. The number of ether oxygens (including phenoxy) is 1. The number of amides is 2. The minimum atomic E-state index is -3.90. The number of benzene rings is 2. The summed E-state index contributed by atoms with van der Waals surface area (Å²) >= 11 is 6.12. The molecule has 0 aromatic heterocycles. The van der Waals surface area contributed by atoms with E-state index in [-0.39, 0.29) is 29.8 Å². The number of aryl methyl sites for hydroxylation is 1. The van der Waals surface area contributed by atoms with Crippen molar-refractivity contribution in [3.63, 3.8) is 0 Å². The van der Waals surface area contributed by atoms with Crippen molar-refractivity contribution >= 4 is 39.1 Å². The lowest BCUT2D eigenvalue weighted by molar-refractivity contribution is -0.139. The highest BCUT2D eigenvalue weighted by molar-refractivity contribution is 7.92. The van der Waals surface area contributed by atoms with Crippen LogP contribution in [0.5, 0.6) is 5.75 Å². The second-order valence-corrected chi connectivity index (χ2v) is 11.3. The van der Waals surface area contributed by atoms with Crippen molar-refractivity contribution in [3.05, 3.63) is 58.6 Å². The van der Waals surface area contributed by atoms with E-state index >= 15 is 0 Å². The Morgan fingerprint density at radius 2 is 1.80 bits per heavy atom. The van der Waals surface area contributed by atoms with Crippen molar-refractivity contribution in [2.24, 2.45) is 5.92 Å². The van der Waals surface area contributed by atoms with Gasteiger partial charge in [-0.1, -0.05) is 55.3 Å². The summed E-state index contributed by atoms with van der Waals surface area (Å²) in [5, 5.41) is 3.14. The maximum atomic E-state index is 13.6. The van der Waals surface area contributed by atoms with Crippen LogP contribution in [0, 0.1) is 12.8 Å². The maximum absolute atomic E-state index is 13.6. The summed E-state index contributed by atoms with van der Waals surface area (Å²) in [5.41, 5.74) is 1.98. The van der Waals surface area contributed by atoms with Crippen LogP contribution in [0.15, 0.2) is 42.5 Å². The summed E-state index contributed by atoms with van der Waals surface area (Å²) in [6, 6.07) is 11.3. The second-order valence-electron chi connectivity index (χ2n) is 8.91. The van der Waals surface area contributed by atoms with Crippen LogP contribution in [0.1, 0.15) is 31.9 Å². The Kier molecular flexibility index (Phi) is 9.97. The molecule has 0 unspecified atom stereocenters. The Balaban J connectivity index is 2.44. The lowest BCUT2D eigenvalue weighted by Crippen LogP contribution is -2.51. The van der Waals surface area contributed by atoms with Crippen molar-refractivity contribution in [1.82, 2.24) is 10.2 Å². The molecule has 1 atom stereocenters. The molecule has 0 spiro atoms. The second kappa shape index (κ2) is 12.3. The van der Waals surface area contributed by atoms with Gasteiger partial charge in [-0.3, -0.25) is 13.9 Å². The van der Waals surface area contributed by atoms with Crippen LogP contribution in [0.4, 0.5) is 5.69 Å². The monoisotopic (exact) mass is 523 g/mol. The van der Waals surface area contributed by atoms with Crippen LogP contribution in [0.3, 0.4) is 0 Å². The fourth-order valence-electron chi connectivity index (χ4n) is 3.50. The highest BCUT2D eigenvalue weighted by Crippen LogP contribution is 2.33. The first-order valence-electron chi connectivity index (χ1n) is 11.3. The summed E-state index contributed by atoms with van der Waals surface area (Å²) < 4.78 is 31.7. The van der Waals surface area contributed by atoms with Crippen molar-refractivity contribution < 1.29 is 22.7 Å². The average molecular weight is 524 g/mol. The summed E-state index contributed by atoms with van der Waals surface area (Å²) in [4.78, 5) is 27.9. The van der Waals surface area contributed by atoms with Gasteiger partial charge in [-0.05, 0) is 43.5 Å². The van der Waals surface area contributed by atoms with Gasteiger partial charge in [-0.2, -0.15) is 0 Å². The zero-order valence-corrected chi connectivity index (χ0v) is 22.6. The van der Waals surface area contributed by atoms with Gasteiger partial charge >= 0.3 is 0 Å². The van der Waals surface area contributed by atoms with Gasteiger partial charge in [0.05, 0.1) is 19.1 Å². The third-order valence-electron chi connectivity index (χ3n) is 5.38. The Morgan fingerprint density at radius 3 is 2.37 bits per heavy atom. The average Bonchev–Trinajstić information content (AvgIpc) is 2.78. The molecule has 2 aromatic rings. The number of hydrogen-bond acceptors (Lipinski definition) is 5. The number of nitrogens with one attached hydrogen (secondary N) is 1. The van der Waals surface area contributed by atoms with Gasteiger partial charge in [-0.25, -0.2) is 8.42 Å². The number of carbonyl (C=O) groups is 2. The largest absolute Gasteiger partial charge is 0.495 e. The number of hydrogen-bond donors (Lipinski definition) is 1. The molecule has 35 heavy (non-hydrogen) atoms. The van der Waals surface area contributed by atoms with Crippen LogP contribution in [-0.2, 0) is 26.2 Å². The highest BCUT2D eigenvalue weighted by Gasteiger charge is 2.31. The summed E-state index contributed by atoms with van der Waals surface area (Å²) in [7, 11) is -2.49. The Morgan fingerprint density at radius 1 is 1.11 bits per heavy atom. The number of halogens is 1.